The number of aliphatic imine (C=N–C) groups is 1. The molecule has 1 aromatic heterocycles. The number of oxazole rings is 1. The van der Waals surface area contributed by atoms with Crippen LogP contribution in [-0.2, 0) is 34.1 Å². The van der Waals surface area contributed by atoms with Gasteiger partial charge in [-0.1, -0.05) is 26.8 Å². The fraction of sp³-hybridized carbons (Fsp3) is 0.474. The average Bonchev–Trinajstić information content (AvgIpc) is 3.05. The van der Waals surface area contributed by atoms with Gasteiger partial charge < -0.3 is 15.1 Å². The molecule has 0 spiro atoms. The highest BCUT2D eigenvalue weighted by Crippen LogP contribution is 2.22. The third kappa shape index (κ3) is 8.29. The smallest absolute Gasteiger partial charge is 0.213 e. The lowest BCUT2D eigenvalue weighted by Crippen LogP contribution is -2.36. The average molecular weight is 538 g/mol. The summed E-state index contributed by atoms with van der Waals surface area (Å²) in [6.45, 7) is 6.67. The SMILES string of the molecule is CN=C(NCc1ncc(C(C)(C)C)o1)NCc1cc(F)ccc1CS(C)(=O)=O.I. The molecule has 0 radical (unpaired) electrons. The Morgan fingerprint density at radius 2 is 1.86 bits per heavy atom. The van der Waals surface area contributed by atoms with E-state index in [1.807, 2.05) is 20.8 Å². The van der Waals surface area contributed by atoms with Crippen LogP contribution in [0.5, 0.6) is 0 Å². The van der Waals surface area contributed by atoms with Gasteiger partial charge in [0.05, 0.1) is 18.5 Å². The Hall–Kier alpha value is -1.69. The molecule has 2 rings (SSSR count). The van der Waals surface area contributed by atoms with Gasteiger partial charge in [0.15, 0.2) is 15.8 Å². The Morgan fingerprint density at radius 1 is 1.21 bits per heavy atom. The highest BCUT2D eigenvalue weighted by molar-refractivity contribution is 14.0. The fourth-order valence-corrected chi connectivity index (χ4v) is 3.33. The van der Waals surface area contributed by atoms with E-state index in [9.17, 15) is 12.8 Å². The maximum absolute atomic E-state index is 13.6. The van der Waals surface area contributed by atoms with Gasteiger partial charge in [-0.2, -0.15) is 0 Å². The summed E-state index contributed by atoms with van der Waals surface area (Å²) in [6, 6.07) is 4.07. The van der Waals surface area contributed by atoms with E-state index in [4.69, 9.17) is 4.42 Å². The molecule has 0 aliphatic carbocycles. The largest absolute Gasteiger partial charge is 0.443 e. The van der Waals surface area contributed by atoms with Crippen molar-refractivity contribution in [3.8, 4) is 0 Å². The van der Waals surface area contributed by atoms with Crippen LogP contribution in [0.2, 0.25) is 0 Å². The maximum Gasteiger partial charge on any atom is 0.213 e. The Balaban J connectivity index is 0.00000420. The zero-order valence-electron chi connectivity index (χ0n) is 17.2. The molecule has 0 aliphatic rings. The lowest BCUT2D eigenvalue weighted by atomic mass is 9.94. The normalized spacial score (nSPS) is 12.4. The first-order valence-electron chi connectivity index (χ1n) is 8.82. The molecule has 1 heterocycles. The second kappa shape index (κ2) is 10.4. The van der Waals surface area contributed by atoms with Crippen LogP contribution >= 0.6 is 24.0 Å². The van der Waals surface area contributed by atoms with E-state index < -0.39 is 15.7 Å². The van der Waals surface area contributed by atoms with Crippen LogP contribution in [0.1, 0.15) is 43.5 Å². The van der Waals surface area contributed by atoms with Crippen molar-refractivity contribution >= 4 is 39.8 Å². The van der Waals surface area contributed by atoms with Crippen LogP contribution < -0.4 is 10.6 Å². The Kier molecular flexibility index (Phi) is 9.07. The second-order valence-corrected chi connectivity index (χ2v) is 9.77. The topological polar surface area (TPSA) is 96.6 Å². The first-order chi connectivity index (χ1) is 13.0. The molecule has 0 saturated carbocycles. The van der Waals surface area contributed by atoms with Gasteiger partial charge in [0, 0.05) is 25.3 Å². The lowest BCUT2D eigenvalue weighted by Gasteiger charge is -2.14. The van der Waals surface area contributed by atoms with E-state index in [0.717, 1.165) is 12.0 Å². The summed E-state index contributed by atoms with van der Waals surface area (Å²) in [4.78, 5) is 8.36. The van der Waals surface area contributed by atoms with Crippen molar-refractivity contribution in [1.82, 2.24) is 15.6 Å². The predicted molar refractivity (Wildman–Crippen MR) is 123 cm³/mol. The molecule has 162 valence electrons. The lowest BCUT2D eigenvalue weighted by molar-refractivity contribution is 0.379. The Bertz CT molecular complexity index is 953. The highest BCUT2D eigenvalue weighted by Gasteiger charge is 2.19. The molecule has 7 nitrogen and oxygen atoms in total. The number of nitrogens with one attached hydrogen (secondary N) is 2. The van der Waals surface area contributed by atoms with Crippen LogP contribution in [-0.4, -0.2) is 32.7 Å². The number of aromatic nitrogens is 1. The van der Waals surface area contributed by atoms with Gasteiger partial charge in [-0.15, -0.1) is 24.0 Å². The van der Waals surface area contributed by atoms with E-state index in [1.54, 1.807) is 13.2 Å². The highest BCUT2D eigenvalue weighted by atomic mass is 127. The molecule has 0 atom stereocenters. The summed E-state index contributed by atoms with van der Waals surface area (Å²) >= 11 is 0. The number of hydrogen-bond donors (Lipinski definition) is 2. The minimum absolute atomic E-state index is 0. The van der Waals surface area contributed by atoms with Crippen LogP contribution in [0.25, 0.3) is 0 Å². The minimum Gasteiger partial charge on any atom is -0.443 e. The molecule has 1 aromatic carbocycles. The first kappa shape index (κ1) is 25.3. The zero-order chi connectivity index (χ0) is 20.9. The van der Waals surface area contributed by atoms with Crippen molar-refractivity contribution in [2.75, 3.05) is 13.3 Å². The maximum atomic E-state index is 13.6. The van der Waals surface area contributed by atoms with Crippen LogP contribution in [0.15, 0.2) is 33.8 Å². The van der Waals surface area contributed by atoms with Gasteiger partial charge in [0.2, 0.25) is 5.89 Å². The van der Waals surface area contributed by atoms with Crippen molar-refractivity contribution in [2.24, 2.45) is 4.99 Å². The Morgan fingerprint density at radius 3 is 2.41 bits per heavy atom. The van der Waals surface area contributed by atoms with Gasteiger partial charge in [-0.05, 0) is 23.3 Å². The molecule has 29 heavy (non-hydrogen) atoms. The van der Waals surface area contributed by atoms with E-state index in [0.29, 0.717) is 29.5 Å². The summed E-state index contributed by atoms with van der Waals surface area (Å²) in [5.74, 6) is 1.20. The number of guanidine groups is 1. The van der Waals surface area contributed by atoms with Crippen molar-refractivity contribution < 1.29 is 17.2 Å². The van der Waals surface area contributed by atoms with E-state index in [2.05, 4.69) is 20.6 Å². The van der Waals surface area contributed by atoms with Crippen molar-refractivity contribution in [1.29, 1.82) is 0 Å². The van der Waals surface area contributed by atoms with Gasteiger partial charge in [-0.3, -0.25) is 4.99 Å². The number of sulfone groups is 1. The van der Waals surface area contributed by atoms with Crippen molar-refractivity contribution in [3.05, 3.63) is 53.0 Å². The van der Waals surface area contributed by atoms with Crippen LogP contribution in [0, 0.1) is 5.82 Å². The quantitative estimate of drug-likeness (QED) is 0.334. The van der Waals surface area contributed by atoms with Crippen LogP contribution in [0.3, 0.4) is 0 Å². The number of benzene rings is 1. The van der Waals surface area contributed by atoms with Gasteiger partial charge in [-0.25, -0.2) is 17.8 Å². The predicted octanol–water partition coefficient (Wildman–Crippen LogP) is 3.14. The van der Waals surface area contributed by atoms with Gasteiger partial charge >= 0.3 is 0 Å². The van der Waals surface area contributed by atoms with E-state index in [-0.39, 0.29) is 41.7 Å². The first-order valence-corrected chi connectivity index (χ1v) is 10.9. The third-order valence-corrected chi connectivity index (χ3v) is 4.79. The molecular formula is C19H28FIN4O3S. The van der Waals surface area contributed by atoms with Crippen molar-refractivity contribution in [2.45, 2.75) is 45.0 Å². The molecule has 0 saturated heterocycles. The van der Waals surface area contributed by atoms with Gasteiger partial charge in [0.25, 0.3) is 0 Å². The monoisotopic (exact) mass is 538 g/mol. The molecule has 0 amide bonds. The Labute approximate surface area is 188 Å². The molecular weight excluding hydrogens is 510 g/mol. The second-order valence-electron chi connectivity index (χ2n) is 7.63. The standard InChI is InChI=1S/C19H27FN4O3S.HI/c1-19(2,3)16-10-22-17(27-16)11-24-18(21-4)23-9-14-8-15(20)7-6-13(14)12-28(5,25)26;/h6-8,10H,9,11-12H2,1-5H3,(H2,21,23,24);1H. The molecule has 10 heteroatoms. The van der Waals surface area contributed by atoms with E-state index >= 15 is 0 Å². The number of nitrogens with zero attached hydrogens (tertiary/aromatic N) is 2. The molecule has 0 bridgehead atoms. The third-order valence-electron chi connectivity index (χ3n) is 3.96. The van der Waals surface area contributed by atoms with Gasteiger partial charge in [0.1, 0.15) is 11.6 Å². The fourth-order valence-electron chi connectivity index (χ4n) is 2.48. The number of halogens is 2. The zero-order valence-corrected chi connectivity index (χ0v) is 20.4. The summed E-state index contributed by atoms with van der Waals surface area (Å²) in [7, 11) is -1.62. The van der Waals surface area contributed by atoms with Crippen molar-refractivity contribution in [3.63, 3.8) is 0 Å². The summed E-state index contributed by atoms with van der Waals surface area (Å²) in [5, 5.41) is 6.13. The molecule has 0 aliphatic heterocycles. The van der Waals surface area contributed by atoms with E-state index in [1.165, 1.54) is 18.2 Å². The summed E-state index contributed by atoms with van der Waals surface area (Å²) < 4.78 is 42.5. The number of hydrogen-bond acceptors (Lipinski definition) is 5. The number of rotatable bonds is 6. The molecule has 2 N–H and O–H groups in total. The molecule has 0 unspecified atom stereocenters. The van der Waals surface area contributed by atoms with Crippen LogP contribution in [0.4, 0.5) is 4.39 Å². The summed E-state index contributed by atoms with van der Waals surface area (Å²) in [5.41, 5.74) is 0.979. The molecule has 2 aromatic rings. The minimum atomic E-state index is -3.23. The summed E-state index contributed by atoms with van der Waals surface area (Å²) in [6.07, 6.45) is 2.85. The molecule has 0 fully saturated rings.